The van der Waals surface area contributed by atoms with Crippen molar-refractivity contribution in [3.05, 3.63) is 12.2 Å². The Bertz CT molecular complexity index is 863. The molecular weight excluding hydrogens is 719 g/mol. The smallest absolute Gasteiger partial charge is 0.305 e. The summed E-state index contributed by atoms with van der Waals surface area (Å²) in [6, 6.07) is -0.542. The fourth-order valence-electron chi connectivity index (χ4n) is 8.03. The number of ether oxygens (including phenoxy) is 1. The fraction of sp³-hybridized carbons (Fsp3) is 0.923. The molecule has 1 amide bonds. The molecule has 2 atom stereocenters. The monoisotopic (exact) mass is 820 g/mol. The Morgan fingerprint density at radius 2 is 0.828 bits per heavy atom. The van der Waals surface area contributed by atoms with Crippen molar-refractivity contribution >= 4 is 11.9 Å². The molecule has 2 unspecified atom stereocenters. The van der Waals surface area contributed by atoms with Crippen LogP contribution in [0.3, 0.4) is 0 Å². The molecule has 0 aromatic heterocycles. The second kappa shape index (κ2) is 48.3. The van der Waals surface area contributed by atoms with Crippen molar-refractivity contribution in [2.75, 3.05) is 13.2 Å². The molecular formula is C52H101NO5. The molecule has 0 aromatic rings. The van der Waals surface area contributed by atoms with Gasteiger partial charge in [-0.3, -0.25) is 9.59 Å². The molecule has 0 rings (SSSR count). The number of hydrogen-bond acceptors (Lipinski definition) is 5. The summed E-state index contributed by atoms with van der Waals surface area (Å²) in [6.07, 6.45) is 54.7. The van der Waals surface area contributed by atoms with Crippen LogP contribution in [0, 0.1) is 0 Å². The predicted molar refractivity (Wildman–Crippen MR) is 250 cm³/mol. The van der Waals surface area contributed by atoms with Crippen LogP contribution < -0.4 is 5.32 Å². The number of hydrogen-bond donors (Lipinski definition) is 3. The average Bonchev–Trinajstić information content (AvgIpc) is 3.22. The van der Waals surface area contributed by atoms with E-state index in [9.17, 15) is 19.8 Å². The number of carbonyl (C=O) groups excluding carboxylic acids is 2. The van der Waals surface area contributed by atoms with Crippen molar-refractivity contribution in [2.24, 2.45) is 0 Å². The number of esters is 1. The second-order valence-electron chi connectivity index (χ2n) is 17.9. The van der Waals surface area contributed by atoms with Gasteiger partial charge in [-0.15, -0.1) is 0 Å². The van der Waals surface area contributed by atoms with Crippen LogP contribution in [0.25, 0.3) is 0 Å². The van der Waals surface area contributed by atoms with Gasteiger partial charge in [0.2, 0.25) is 5.91 Å². The minimum atomic E-state index is -0.665. The van der Waals surface area contributed by atoms with Crippen LogP contribution in [-0.4, -0.2) is 47.4 Å². The van der Waals surface area contributed by atoms with Crippen molar-refractivity contribution in [2.45, 2.75) is 296 Å². The lowest BCUT2D eigenvalue weighted by atomic mass is 10.0. The molecule has 0 aromatic carbocycles. The lowest BCUT2D eigenvalue weighted by molar-refractivity contribution is -0.143. The summed E-state index contributed by atoms with van der Waals surface area (Å²) >= 11 is 0. The van der Waals surface area contributed by atoms with Crippen LogP contribution in [0.2, 0.25) is 0 Å². The summed E-state index contributed by atoms with van der Waals surface area (Å²) < 4.78 is 5.45. The fourth-order valence-corrected chi connectivity index (χ4v) is 8.03. The summed E-state index contributed by atoms with van der Waals surface area (Å²) in [4.78, 5) is 24.4. The SMILES string of the molecule is CCCC/C=C\CCCCCCCC(=O)OCCCCCCCCCCCCCCCCCCCCC(=O)NC(CO)C(O)CCCCCCCCCCCCCC. The van der Waals surface area contributed by atoms with E-state index in [4.69, 9.17) is 4.74 Å². The standard InChI is InChI=1S/C52H101NO5/c1-3-5-7-9-11-13-15-25-28-32-36-40-44-50(55)49(48-54)53-51(56)45-41-37-33-29-26-22-20-18-16-17-19-21-23-27-31-35-39-43-47-58-52(57)46-42-38-34-30-24-14-12-10-8-6-4-2/h10,12,49-50,54-55H,3-9,11,13-48H2,1-2H3,(H,53,56)/b12-10-. The van der Waals surface area contributed by atoms with Gasteiger partial charge in [0.15, 0.2) is 0 Å². The molecule has 58 heavy (non-hydrogen) atoms. The molecule has 0 aliphatic rings. The van der Waals surface area contributed by atoms with Crippen LogP contribution in [0.5, 0.6) is 0 Å². The third-order valence-electron chi connectivity index (χ3n) is 12.1. The van der Waals surface area contributed by atoms with Gasteiger partial charge in [0.25, 0.3) is 0 Å². The van der Waals surface area contributed by atoms with E-state index in [0.717, 1.165) is 44.9 Å². The molecule has 0 aliphatic heterocycles. The minimum absolute atomic E-state index is 0.00377. The molecule has 0 radical (unpaired) electrons. The number of nitrogens with one attached hydrogen (secondary N) is 1. The van der Waals surface area contributed by atoms with E-state index in [0.29, 0.717) is 25.9 Å². The highest BCUT2D eigenvalue weighted by Crippen LogP contribution is 2.17. The zero-order chi connectivity index (χ0) is 42.3. The number of carbonyl (C=O) groups is 2. The second-order valence-corrected chi connectivity index (χ2v) is 17.9. The molecule has 6 heteroatoms. The molecule has 344 valence electrons. The maximum Gasteiger partial charge on any atom is 0.305 e. The van der Waals surface area contributed by atoms with Gasteiger partial charge < -0.3 is 20.3 Å². The van der Waals surface area contributed by atoms with Crippen LogP contribution in [0.4, 0.5) is 0 Å². The van der Waals surface area contributed by atoms with Gasteiger partial charge in [-0.2, -0.15) is 0 Å². The summed E-state index contributed by atoms with van der Waals surface area (Å²) in [5.74, 6) is -0.0430. The summed E-state index contributed by atoms with van der Waals surface area (Å²) in [7, 11) is 0. The quantitative estimate of drug-likeness (QED) is 0.0323. The molecule has 3 N–H and O–H groups in total. The first kappa shape index (κ1) is 56.6. The Morgan fingerprint density at radius 3 is 1.28 bits per heavy atom. The highest BCUT2D eigenvalue weighted by molar-refractivity contribution is 5.76. The Kier molecular flexibility index (Phi) is 47.1. The normalized spacial score (nSPS) is 12.7. The third kappa shape index (κ3) is 44.2. The van der Waals surface area contributed by atoms with Gasteiger partial charge in [0.1, 0.15) is 0 Å². The van der Waals surface area contributed by atoms with Crippen LogP contribution in [0.1, 0.15) is 284 Å². The van der Waals surface area contributed by atoms with E-state index in [-0.39, 0.29) is 18.5 Å². The van der Waals surface area contributed by atoms with E-state index in [1.165, 1.54) is 205 Å². The number of rotatable bonds is 48. The van der Waals surface area contributed by atoms with Crippen LogP contribution >= 0.6 is 0 Å². The molecule has 0 saturated heterocycles. The highest BCUT2D eigenvalue weighted by Gasteiger charge is 2.20. The van der Waals surface area contributed by atoms with E-state index < -0.39 is 12.1 Å². The zero-order valence-electron chi connectivity index (χ0n) is 39.0. The summed E-state index contributed by atoms with van der Waals surface area (Å²) in [6.45, 7) is 4.90. The van der Waals surface area contributed by atoms with Gasteiger partial charge in [-0.25, -0.2) is 0 Å². The lowest BCUT2D eigenvalue weighted by Gasteiger charge is -2.22. The molecule has 6 nitrogen and oxygen atoms in total. The predicted octanol–water partition coefficient (Wildman–Crippen LogP) is 15.3. The van der Waals surface area contributed by atoms with E-state index in [1.54, 1.807) is 0 Å². The van der Waals surface area contributed by atoms with E-state index >= 15 is 0 Å². The molecule has 0 heterocycles. The van der Waals surface area contributed by atoms with Crippen molar-refractivity contribution in [3.63, 3.8) is 0 Å². The zero-order valence-corrected chi connectivity index (χ0v) is 39.0. The third-order valence-corrected chi connectivity index (χ3v) is 12.1. The minimum Gasteiger partial charge on any atom is -0.466 e. The lowest BCUT2D eigenvalue weighted by Crippen LogP contribution is -2.45. The van der Waals surface area contributed by atoms with Crippen LogP contribution in [0.15, 0.2) is 12.2 Å². The first-order valence-electron chi connectivity index (χ1n) is 25.9. The molecule has 0 spiro atoms. The van der Waals surface area contributed by atoms with Gasteiger partial charge in [0.05, 0.1) is 25.4 Å². The Labute approximate surface area is 361 Å². The number of aliphatic hydroxyl groups excluding tert-OH is 2. The first-order valence-corrected chi connectivity index (χ1v) is 25.9. The van der Waals surface area contributed by atoms with E-state index in [1.807, 2.05) is 0 Å². The highest BCUT2D eigenvalue weighted by atomic mass is 16.5. The maximum atomic E-state index is 12.4. The maximum absolute atomic E-state index is 12.4. The Hall–Kier alpha value is -1.40. The molecule has 0 fully saturated rings. The van der Waals surface area contributed by atoms with E-state index in [2.05, 4.69) is 31.3 Å². The van der Waals surface area contributed by atoms with Gasteiger partial charge >= 0.3 is 5.97 Å². The Morgan fingerprint density at radius 1 is 0.466 bits per heavy atom. The molecule has 0 bridgehead atoms. The number of unbranched alkanes of at least 4 members (excludes halogenated alkanes) is 35. The first-order chi connectivity index (χ1) is 28.5. The van der Waals surface area contributed by atoms with Gasteiger partial charge in [-0.05, 0) is 44.9 Å². The van der Waals surface area contributed by atoms with Crippen molar-refractivity contribution in [3.8, 4) is 0 Å². The summed E-state index contributed by atoms with van der Waals surface area (Å²) in [5, 5.41) is 23.2. The largest absolute Gasteiger partial charge is 0.466 e. The molecule has 0 saturated carbocycles. The van der Waals surface area contributed by atoms with Gasteiger partial charge in [0, 0.05) is 12.8 Å². The van der Waals surface area contributed by atoms with Crippen molar-refractivity contribution in [1.29, 1.82) is 0 Å². The average molecular weight is 820 g/mol. The summed E-state index contributed by atoms with van der Waals surface area (Å²) in [5.41, 5.74) is 0. The number of aliphatic hydroxyl groups is 2. The van der Waals surface area contributed by atoms with Crippen LogP contribution in [-0.2, 0) is 14.3 Å². The number of amides is 1. The van der Waals surface area contributed by atoms with Crippen molar-refractivity contribution in [1.82, 2.24) is 5.32 Å². The molecule has 0 aliphatic carbocycles. The van der Waals surface area contributed by atoms with Crippen molar-refractivity contribution < 1.29 is 24.5 Å². The van der Waals surface area contributed by atoms with Gasteiger partial charge in [-0.1, -0.05) is 238 Å². The number of allylic oxidation sites excluding steroid dienone is 2. The Balaban J connectivity index is 3.40. The topological polar surface area (TPSA) is 95.9 Å².